The van der Waals surface area contributed by atoms with E-state index in [1.165, 1.54) is 25.6 Å². The van der Waals surface area contributed by atoms with Crippen LogP contribution in [0.4, 0.5) is 5.00 Å². The molecule has 2 heterocycles. The lowest BCUT2D eigenvalue weighted by atomic mass is 10.0. The molecule has 1 aromatic heterocycles. The fraction of sp³-hybridized carbons (Fsp3) is 0.429. The molecular weight excluding hydrogens is 392 g/mol. The fourth-order valence-electron chi connectivity index (χ4n) is 3.47. The van der Waals surface area contributed by atoms with Crippen molar-refractivity contribution in [1.29, 1.82) is 0 Å². The van der Waals surface area contributed by atoms with Crippen LogP contribution in [-0.4, -0.2) is 50.7 Å². The van der Waals surface area contributed by atoms with Crippen LogP contribution in [0.3, 0.4) is 0 Å². The number of hydrogen-bond acceptors (Lipinski definition) is 7. The zero-order valence-corrected chi connectivity index (χ0v) is 18.0. The van der Waals surface area contributed by atoms with E-state index in [4.69, 9.17) is 14.2 Å². The monoisotopic (exact) mass is 418 g/mol. The number of fused-ring (bicyclic) bond motifs is 1. The van der Waals surface area contributed by atoms with Gasteiger partial charge in [-0.15, -0.1) is 11.3 Å². The number of methoxy groups -OCH3 is 2. The SMILES string of the molecule is CCOC(=O)c1c(NC(=O)c2cccc(OC)c2OC)sc2c1CCN(CC)C2. The van der Waals surface area contributed by atoms with Crippen molar-refractivity contribution in [3.8, 4) is 11.5 Å². The van der Waals surface area contributed by atoms with Gasteiger partial charge in [0.2, 0.25) is 0 Å². The number of ether oxygens (including phenoxy) is 3. The lowest BCUT2D eigenvalue weighted by Crippen LogP contribution is -2.30. The van der Waals surface area contributed by atoms with Crippen LogP contribution in [0, 0.1) is 0 Å². The molecular formula is C21H26N2O5S. The fourth-order valence-corrected chi connectivity index (χ4v) is 4.74. The van der Waals surface area contributed by atoms with Crippen LogP contribution in [0.1, 0.15) is 45.0 Å². The Morgan fingerprint density at radius 1 is 1.21 bits per heavy atom. The molecule has 0 bridgehead atoms. The van der Waals surface area contributed by atoms with E-state index in [1.807, 2.05) is 0 Å². The summed E-state index contributed by atoms with van der Waals surface area (Å²) in [7, 11) is 3.01. The summed E-state index contributed by atoms with van der Waals surface area (Å²) in [4.78, 5) is 29.1. The highest BCUT2D eigenvalue weighted by Gasteiger charge is 2.30. The second-order valence-corrected chi connectivity index (χ2v) is 7.65. The molecule has 0 saturated carbocycles. The zero-order valence-electron chi connectivity index (χ0n) is 17.2. The van der Waals surface area contributed by atoms with E-state index in [2.05, 4.69) is 17.1 Å². The topological polar surface area (TPSA) is 77.1 Å². The molecule has 0 saturated heterocycles. The van der Waals surface area contributed by atoms with Gasteiger partial charge in [-0.2, -0.15) is 0 Å². The number of likely N-dealkylation sites (N-methyl/N-ethyl adjacent to an activating group) is 1. The average molecular weight is 419 g/mol. The van der Waals surface area contributed by atoms with E-state index < -0.39 is 5.97 Å². The Morgan fingerprint density at radius 2 is 2.00 bits per heavy atom. The van der Waals surface area contributed by atoms with Gasteiger partial charge in [0.15, 0.2) is 11.5 Å². The molecule has 2 aromatic rings. The number of nitrogens with one attached hydrogen (secondary N) is 1. The zero-order chi connectivity index (χ0) is 21.0. The van der Waals surface area contributed by atoms with Gasteiger partial charge in [-0.3, -0.25) is 9.69 Å². The van der Waals surface area contributed by atoms with Crippen LogP contribution in [0.25, 0.3) is 0 Å². The average Bonchev–Trinajstić information content (AvgIpc) is 3.09. The van der Waals surface area contributed by atoms with Gasteiger partial charge in [-0.1, -0.05) is 13.0 Å². The third-order valence-electron chi connectivity index (χ3n) is 4.94. The highest BCUT2D eigenvalue weighted by Crippen LogP contribution is 2.39. The number of anilines is 1. The first-order valence-electron chi connectivity index (χ1n) is 9.60. The first-order valence-corrected chi connectivity index (χ1v) is 10.4. The maximum absolute atomic E-state index is 13.0. The first-order chi connectivity index (χ1) is 14.0. The van der Waals surface area contributed by atoms with Gasteiger partial charge < -0.3 is 19.5 Å². The Hall–Kier alpha value is -2.58. The second-order valence-electron chi connectivity index (χ2n) is 6.54. The predicted molar refractivity (Wildman–Crippen MR) is 112 cm³/mol. The largest absolute Gasteiger partial charge is 0.493 e. The van der Waals surface area contributed by atoms with E-state index in [0.717, 1.165) is 36.5 Å². The summed E-state index contributed by atoms with van der Waals surface area (Å²) in [5.74, 6) is 0.0542. The molecule has 1 N–H and O–H groups in total. The summed E-state index contributed by atoms with van der Waals surface area (Å²) in [6.07, 6.45) is 0.756. The second kappa shape index (κ2) is 9.28. The highest BCUT2D eigenvalue weighted by molar-refractivity contribution is 7.17. The number of hydrogen-bond donors (Lipinski definition) is 1. The smallest absolute Gasteiger partial charge is 0.341 e. The molecule has 1 amide bonds. The van der Waals surface area contributed by atoms with Crippen molar-refractivity contribution in [2.75, 3.05) is 39.2 Å². The molecule has 1 aliphatic rings. The van der Waals surface area contributed by atoms with Crippen LogP contribution in [0.5, 0.6) is 11.5 Å². The third-order valence-corrected chi connectivity index (χ3v) is 6.07. The lowest BCUT2D eigenvalue weighted by Gasteiger charge is -2.25. The van der Waals surface area contributed by atoms with Gasteiger partial charge in [0.25, 0.3) is 5.91 Å². The van der Waals surface area contributed by atoms with Gasteiger partial charge in [-0.25, -0.2) is 4.79 Å². The van der Waals surface area contributed by atoms with Gasteiger partial charge in [0.05, 0.1) is 32.0 Å². The minimum absolute atomic E-state index is 0.279. The van der Waals surface area contributed by atoms with Gasteiger partial charge >= 0.3 is 5.97 Å². The number of para-hydroxylation sites is 1. The molecule has 7 nitrogen and oxygen atoms in total. The molecule has 156 valence electrons. The Kier molecular flexibility index (Phi) is 6.76. The molecule has 0 aliphatic carbocycles. The van der Waals surface area contributed by atoms with Crippen LogP contribution < -0.4 is 14.8 Å². The summed E-state index contributed by atoms with van der Waals surface area (Å²) in [5.41, 5.74) is 1.78. The van der Waals surface area contributed by atoms with Gasteiger partial charge in [0.1, 0.15) is 5.00 Å². The maximum Gasteiger partial charge on any atom is 0.341 e. The Labute approximate surface area is 174 Å². The van der Waals surface area contributed by atoms with E-state index in [0.29, 0.717) is 27.6 Å². The minimum Gasteiger partial charge on any atom is -0.493 e. The van der Waals surface area contributed by atoms with Crippen molar-refractivity contribution in [1.82, 2.24) is 4.90 Å². The first kappa shape index (κ1) is 21.1. The van der Waals surface area contributed by atoms with Crippen LogP contribution in [0.2, 0.25) is 0 Å². The van der Waals surface area contributed by atoms with Crippen molar-refractivity contribution in [2.24, 2.45) is 0 Å². The number of thiophene rings is 1. The highest BCUT2D eigenvalue weighted by atomic mass is 32.1. The molecule has 1 aromatic carbocycles. The summed E-state index contributed by atoms with van der Waals surface area (Å²) >= 11 is 1.44. The number of carbonyl (C=O) groups is 2. The summed E-state index contributed by atoms with van der Waals surface area (Å²) < 4.78 is 15.9. The normalized spacial score (nSPS) is 13.5. The maximum atomic E-state index is 13.0. The quantitative estimate of drug-likeness (QED) is 0.693. The van der Waals surface area contributed by atoms with E-state index in [1.54, 1.807) is 25.1 Å². The van der Waals surface area contributed by atoms with Crippen molar-refractivity contribution in [3.63, 3.8) is 0 Å². The molecule has 8 heteroatoms. The number of rotatable bonds is 7. The van der Waals surface area contributed by atoms with Gasteiger partial charge in [0, 0.05) is 18.0 Å². The lowest BCUT2D eigenvalue weighted by molar-refractivity contribution is 0.0526. The number of nitrogens with zero attached hydrogens (tertiary/aromatic N) is 1. The van der Waals surface area contributed by atoms with Crippen LogP contribution in [-0.2, 0) is 17.7 Å². The summed E-state index contributed by atoms with van der Waals surface area (Å²) in [5, 5.41) is 3.42. The van der Waals surface area contributed by atoms with E-state index in [-0.39, 0.29) is 12.5 Å². The third kappa shape index (κ3) is 4.23. The standard InChI is InChI=1S/C21H26N2O5S/c1-5-23-11-10-13-16(12-23)29-20(17(13)21(25)28-6-2)22-19(24)14-8-7-9-15(26-3)18(14)27-4/h7-9H,5-6,10-12H2,1-4H3,(H,22,24). The number of benzene rings is 1. The molecule has 29 heavy (non-hydrogen) atoms. The predicted octanol–water partition coefficient (Wildman–Crippen LogP) is 3.57. The molecule has 0 radical (unpaired) electrons. The Balaban J connectivity index is 1.98. The summed E-state index contributed by atoms with van der Waals surface area (Å²) in [6, 6.07) is 5.11. The van der Waals surface area contributed by atoms with Crippen molar-refractivity contribution >= 4 is 28.2 Å². The van der Waals surface area contributed by atoms with Crippen LogP contribution >= 0.6 is 11.3 Å². The number of esters is 1. The Bertz CT molecular complexity index is 909. The Morgan fingerprint density at radius 3 is 2.66 bits per heavy atom. The van der Waals surface area contributed by atoms with Crippen molar-refractivity contribution in [3.05, 3.63) is 39.8 Å². The molecule has 0 atom stereocenters. The number of amides is 1. The van der Waals surface area contributed by atoms with E-state index >= 15 is 0 Å². The molecule has 1 aliphatic heterocycles. The van der Waals surface area contributed by atoms with Crippen molar-refractivity contribution < 1.29 is 23.8 Å². The molecule has 3 rings (SSSR count). The van der Waals surface area contributed by atoms with Gasteiger partial charge in [-0.05, 0) is 37.6 Å². The summed E-state index contributed by atoms with van der Waals surface area (Å²) in [6.45, 7) is 6.75. The minimum atomic E-state index is -0.400. The molecule has 0 fully saturated rings. The molecule has 0 spiro atoms. The molecule has 0 unspecified atom stereocenters. The van der Waals surface area contributed by atoms with Crippen LogP contribution in [0.15, 0.2) is 18.2 Å². The van der Waals surface area contributed by atoms with E-state index in [9.17, 15) is 9.59 Å². The number of carbonyl (C=O) groups excluding carboxylic acids is 2. The van der Waals surface area contributed by atoms with Crippen molar-refractivity contribution in [2.45, 2.75) is 26.8 Å².